The van der Waals surface area contributed by atoms with Gasteiger partial charge in [0.1, 0.15) is 5.82 Å². The van der Waals surface area contributed by atoms with Crippen LogP contribution >= 0.6 is 0 Å². The summed E-state index contributed by atoms with van der Waals surface area (Å²) in [6.07, 6.45) is 1.43. The van der Waals surface area contributed by atoms with Crippen LogP contribution in [0.15, 0.2) is 36.5 Å². The van der Waals surface area contributed by atoms with Crippen LogP contribution in [-0.4, -0.2) is 9.49 Å². The van der Waals surface area contributed by atoms with Gasteiger partial charge in [0, 0.05) is 13.1 Å². The van der Waals surface area contributed by atoms with Crippen LogP contribution in [0, 0.1) is 15.9 Å². The van der Waals surface area contributed by atoms with Crippen molar-refractivity contribution in [3.63, 3.8) is 0 Å². The minimum absolute atomic E-state index is 0.0295. The summed E-state index contributed by atoms with van der Waals surface area (Å²) < 4.78 is 14.4. The van der Waals surface area contributed by atoms with Crippen molar-refractivity contribution in [1.82, 2.24) is 4.57 Å². The van der Waals surface area contributed by atoms with Gasteiger partial charge < -0.3 is 4.57 Å². The molecule has 0 amide bonds. The molecule has 1 heterocycles. The maximum atomic E-state index is 12.7. The molecule has 0 saturated heterocycles. The summed E-state index contributed by atoms with van der Waals surface area (Å²) in [5.41, 5.74) is 1.46. The normalized spacial score (nSPS) is 10.4. The number of aryl methyl sites for hydroxylation is 1. The van der Waals surface area contributed by atoms with E-state index in [0.717, 1.165) is 5.56 Å². The Morgan fingerprint density at radius 3 is 2.44 bits per heavy atom. The van der Waals surface area contributed by atoms with Crippen LogP contribution in [0.1, 0.15) is 0 Å². The molecule has 82 valence electrons. The highest BCUT2D eigenvalue weighted by atomic mass is 19.1. The molecule has 0 atom stereocenters. The fourth-order valence-electron chi connectivity index (χ4n) is 1.55. The Morgan fingerprint density at radius 2 is 1.94 bits per heavy atom. The first kappa shape index (κ1) is 10.4. The zero-order chi connectivity index (χ0) is 11.7. The lowest BCUT2D eigenvalue weighted by molar-refractivity contribution is -0.384. The van der Waals surface area contributed by atoms with Gasteiger partial charge in [0.25, 0.3) is 5.69 Å². The van der Waals surface area contributed by atoms with Gasteiger partial charge in [-0.25, -0.2) is 4.39 Å². The Labute approximate surface area is 91.1 Å². The molecule has 16 heavy (non-hydrogen) atoms. The molecule has 1 aromatic carbocycles. The van der Waals surface area contributed by atoms with E-state index < -0.39 is 4.92 Å². The second-order valence-electron chi connectivity index (χ2n) is 3.46. The summed E-state index contributed by atoms with van der Waals surface area (Å²) in [4.78, 5) is 10.1. The molecule has 0 unspecified atom stereocenters. The molecule has 4 nitrogen and oxygen atoms in total. The van der Waals surface area contributed by atoms with Gasteiger partial charge in [-0.3, -0.25) is 10.1 Å². The van der Waals surface area contributed by atoms with Gasteiger partial charge in [0.05, 0.1) is 16.8 Å². The van der Waals surface area contributed by atoms with E-state index in [9.17, 15) is 14.5 Å². The molecule has 0 spiro atoms. The van der Waals surface area contributed by atoms with E-state index in [1.54, 1.807) is 23.7 Å². The molecule has 0 saturated carbocycles. The van der Waals surface area contributed by atoms with Crippen LogP contribution < -0.4 is 0 Å². The average molecular weight is 220 g/mol. The third-order valence-electron chi connectivity index (χ3n) is 2.34. The number of hydrogen-bond donors (Lipinski definition) is 0. The maximum Gasteiger partial charge on any atom is 0.287 e. The van der Waals surface area contributed by atoms with Crippen molar-refractivity contribution in [2.75, 3.05) is 0 Å². The molecule has 1 aromatic heterocycles. The number of halogens is 1. The molecule has 2 rings (SSSR count). The van der Waals surface area contributed by atoms with Crippen molar-refractivity contribution in [3.05, 3.63) is 52.5 Å². The smallest absolute Gasteiger partial charge is 0.287 e. The predicted molar refractivity (Wildman–Crippen MR) is 57.5 cm³/mol. The summed E-state index contributed by atoms with van der Waals surface area (Å²) >= 11 is 0. The number of benzene rings is 1. The van der Waals surface area contributed by atoms with Crippen LogP contribution in [0.2, 0.25) is 0 Å². The van der Waals surface area contributed by atoms with Gasteiger partial charge in [-0.2, -0.15) is 0 Å². The first-order chi connectivity index (χ1) is 7.58. The topological polar surface area (TPSA) is 48.1 Å². The molecule has 0 radical (unpaired) electrons. The molecule has 2 aromatic rings. The average Bonchev–Trinajstić information content (AvgIpc) is 2.62. The zero-order valence-corrected chi connectivity index (χ0v) is 8.55. The van der Waals surface area contributed by atoms with Crippen LogP contribution in [-0.2, 0) is 7.05 Å². The van der Waals surface area contributed by atoms with Gasteiger partial charge in [-0.15, -0.1) is 0 Å². The molecule has 0 N–H and O–H groups in total. The number of nitrogens with zero attached hydrogens (tertiary/aromatic N) is 2. The highest BCUT2D eigenvalue weighted by Gasteiger charge is 2.12. The van der Waals surface area contributed by atoms with Crippen LogP contribution in [0.25, 0.3) is 11.3 Å². The first-order valence-electron chi connectivity index (χ1n) is 4.64. The predicted octanol–water partition coefficient (Wildman–Crippen LogP) is 2.74. The van der Waals surface area contributed by atoms with Crippen LogP contribution in [0.5, 0.6) is 0 Å². The molecule has 5 heteroatoms. The molecular weight excluding hydrogens is 211 g/mol. The Morgan fingerprint density at radius 1 is 1.31 bits per heavy atom. The number of hydrogen-bond acceptors (Lipinski definition) is 2. The van der Waals surface area contributed by atoms with Crippen molar-refractivity contribution in [1.29, 1.82) is 0 Å². The maximum absolute atomic E-state index is 12.7. The standard InChI is InChI=1S/C11H9FN2O2/c1-13-7-10(14(15)16)6-11(13)8-2-4-9(12)5-3-8/h2-7H,1H3. The second-order valence-corrected chi connectivity index (χ2v) is 3.46. The number of nitro groups is 1. The van der Waals surface area contributed by atoms with Crippen molar-refractivity contribution in [2.24, 2.45) is 7.05 Å². The van der Waals surface area contributed by atoms with Gasteiger partial charge in [0.15, 0.2) is 0 Å². The van der Waals surface area contributed by atoms with E-state index in [-0.39, 0.29) is 11.5 Å². The molecule has 0 fully saturated rings. The minimum Gasteiger partial charge on any atom is -0.344 e. The van der Waals surface area contributed by atoms with E-state index in [4.69, 9.17) is 0 Å². The van der Waals surface area contributed by atoms with Gasteiger partial charge in [-0.1, -0.05) is 0 Å². The van der Waals surface area contributed by atoms with Crippen molar-refractivity contribution >= 4 is 5.69 Å². The lowest BCUT2D eigenvalue weighted by Crippen LogP contribution is -1.89. The fourth-order valence-corrected chi connectivity index (χ4v) is 1.55. The lowest BCUT2D eigenvalue weighted by atomic mass is 10.1. The molecular formula is C11H9FN2O2. The number of rotatable bonds is 2. The summed E-state index contributed by atoms with van der Waals surface area (Å²) in [5, 5.41) is 10.6. The Hall–Kier alpha value is -2.17. The summed E-state index contributed by atoms with van der Waals surface area (Å²) in [7, 11) is 1.71. The fraction of sp³-hybridized carbons (Fsp3) is 0.0909. The minimum atomic E-state index is -0.451. The van der Waals surface area contributed by atoms with E-state index in [1.807, 2.05) is 0 Å². The van der Waals surface area contributed by atoms with Crippen molar-refractivity contribution < 1.29 is 9.31 Å². The summed E-state index contributed by atoms with van der Waals surface area (Å²) in [6, 6.07) is 7.30. The SMILES string of the molecule is Cn1cc([N+](=O)[O-])cc1-c1ccc(F)cc1. The van der Waals surface area contributed by atoms with E-state index in [0.29, 0.717) is 5.69 Å². The Kier molecular flexibility index (Phi) is 2.44. The zero-order valence-electron chi connectivity index (χ0n) is 8.55. The number of aromatic nitrogens is 1. The molecule has 0 bridgehead atoms. The Balaban J connectivity index is 2.47. The quantitative estimate of drug-likeness (QED) is 0.577. The van der Waals surface area contributed by atoms with Crippen LogP contribution in [0.3, 0.4) is 0 Å². The lowest BCUT2D eigenvalue weighted by Gasteiger charge is -2.01. The molecule has 0 aliphatic heterocycles. The summed E-state index contributed by atoms with van der Waals surface area (Å²) in [6.45, 7) is 0. The van der Waals surface area contributed by atoms with E-state index in [1.165, 1.54) is 24.4 Å². The third-order valence-corrected chi connectivity index (χ3v) is 2.34. The van der Waals surface area contributed by atoms with Gasteiger partial charge in [-0.05, 0) is 29.8 Å². The van der Waals surface area contributed by atoms with Crippen LogP contribution in [0.4, 0.5) is 10.1 Å². The van der Waals surface area contributed by atoms with Crippen molar-refractivity contribution in [2.45, 2.75) is 0 Å². The molecule has 0 aliphatic rings. The second kappa shape index (κ2) is 3.77. The van der Waals surface area contributed by atoms with Gasteiger partial charge in [0.2, 0.25) is 0 Å². The van der Waals surface area contributed by atoms with Gasteiger partial charge >= 0.3 is 0 Å². The van der Waals surface area contributed by atoms with E-state index >= 15 is 0 Å². The Bertz CT molecular complexity index is 531. The monoisotopic (exact) mass is 220 g/mol. The highest BCUT2D eigenvalue weighted by Crippen LogP contribution is 2.25. The third kappa shape index (κ3) is 1.79. The molecule has 0 aliphatic carbocycles. The van der Waals surface area contributed by atoms with E-state index in [2.05, 4.69) is 0 Å². The van der Waals surface area contributed by atoms with Crippen molar-refractivity contribution in [3.8, 4) is 11.3 Å². The first-order valence-corrected chi connectivity index (χ1v) is 4.64. The highest BCUT2D eigenvalue weighted by molar-refractivity contribution is 5.63. The summed E-state index contributed by atoms with van der Waals surface area (Å²) in [5.74, 6) is -0.326. The largest absolute Gasteiger partial charge is 0.344 e.